The zero-order valence-corrected chi connectivity index (χ0v) is 16.1. The van der Waals surface area contributed by atoms with Crippen molar-refractivity contribution in [2.75, 3.05) is 32.8 Å². The number of aromatic nitrogens is 2. The van der Waals surface area contributed by atoms with Gasteiger partial charge in [-0.1, -0.05) is 24.3 Å². The van der Waals surface area contributed by atoms with Crippen LogP contribution in [0.4, 0.5) is 4.79 Å². The molecule has 7 heteroatoms. The smallest absolute Gasteiger partial charge is 0.315 e. The number of nitrogens with zero attached hydrogens (tertiary/aromatic N) is 3. The molecule has 146 valence electrons. The highest BCUT2D eigenvalue weighted by Crippen LogP contribution is 2.09. The number of benzene rings is 1. The Morgan fingerprint density at radius 3 is 2.78 bits per heavy atom. The first-order valence-corrected chi connectivity index (χ1v) is 9.51. The summed E-state index contributed by atoms with van der Waals surface area (Å²) >= 11 is 0. The molecule has 1 aromatic carbocycles. The van der Waals surface area contributed by atoms with Crippen molar-refractivity contribution in [1.29, 1.82) is 0 Å². The summed E-state index contributed by atoms with van der Waals surface area (Å²) in [5.41, 5.74) is 2.28. The lowest BCUT2D eigenvalue weighted by Crippen LogP contribution is -2.48. The Bertz CT molecular complexity index is 739. The molecule has 2 N–H and O–H groups in total. The topological polar surface area (TPSA) is 71.4 Å². The van der Waals surface area contributed by atoms with Gasteiger partial charge in [-0.3, -0.25) is 4.90 Å². The van der Waals surface area contributed by atoms with Gasteiger partial charge in [0.25, 0.3) is 0 Å². The van der Waals surface area contributed by atoms with E-state index in [-0.39, 0.29) is 6.03 Å². The van der Waals surface area contributed by atoms with Crippen molar-refractivity contribution in [2.45, 2.75) is 33.0 Å². The third-order valence-electron chi connectivity index (χ3n) is 4.95. The van der Waals surface area contributed by atoms with Crippen molar-refractivity contribution in [2.24, 2.45) is 0 Å². The fraction of sp³-hybridized carbons (Fsp3) is 0.500. The van der Waals surface area contributed by atoms with E-state index in [9.17, 15) is 4.79 Å². The normalized spacial score (nSPS) is 16.1. The number of urea groups is 1. The highest BCUT2D eigenvalue weighted by molar-refractivity contribution is 5.73. The number of morpholine rings is 1. The standard InChI is InChI=1S/C20H29N5O2/c1-16(24-8-10-27-11-9-24)13-22-20(26)23-14-18-4-3-5-19(12-18)15-25-7-6-21-17(25)2/h3-7,12,16H,8-11,13-15H2,1-2H3,(H2,22,23,26). The Balaban J connectivity index is 1.43. The van der Waals surface area contributed by atoms with Crippen LogP contribution in [0.3, 0.4) is 0 Å². The zero-order chi connectivity index (χ0) is 19.1. The number of ether oxygens (including phenoxy) is 1. The van der Waals surface area contributed by atoms with E-state index in [2.05, 4.69) is 44.1 Å². The molecule has 0 aliphatic carbocycles. The van der Waals surface area contributed by atoms with Gasteiger partial charge in [0.2, 0.25) is 0 Å². The lowest BCUT2D eigenvalue weighted by Gasteiger charge is -2.32. The molecule has 0 saturated carbocycles. The van der Waals surface area contributed by atoms with Crippen LogP contribution >= 0.6 is 0 Å². The van der Waals surface area contributed by atoms with E-state index in [4.69, 9.17) is 4.74 Å². The lowest BCUT2D eigenvalue weighted by molar-refractivity contribution is 0.0209. The van der Waals surface area contributed by atoms with Gasteiger partial charge >= 0.3 is 6.03 Å². The maximum absolute atomic E-state index is 12.1. The van der Waals surface area contributed by atoms with Gasteiger partial charge in [0.1, 0.15) is 5.82 Å². The molecule has 1 aromatic heterocycles. The molecule has 2 heterocycles. The Kier molecular flexibility index (Phi) is 6.84. The van der Waals surface area contributed by atoms with Crippen LogP contribution in [0.25, 0.3) is 0 Å². The number of hydrogen-bond acceptors (Lipinski definition) is 4. The summed E-state index contributed by atoms with van der Waals surface area (Å²) in [6.45, 7) is 9.43. The Morgan fingerprint density at radius 1 is 1.26 bits per heavy atom. The molecule has 2 amide bonds. The van der Waals surface area contributed by atoms with Crippen LogP contribution < -0.4 is 10.6 Å². The number of carbonyl (C=O) groups is 1. The molecular weight excluding hydrogens is 342 g/mol. The monoisotopic (exact) mass is 371 g/mol. The van der Waals surface area contributed by atoms with E-state index >= 15 is 0 Å². The van der Waals surface area contributed by atoms with E-state index in [1.165, 1.54) is 5.56 Å². The van der Waals surface area contributed by atoms with Crippen molar-refractivity contribution in [3.8, 4) is 0 Å². The van der Waals surface area contributed by atoms with Crippen LogP contribution in [0.5, 0.6) is 0 Å². The Labute approximate surface area is 160 Å². The molecular formula is C20H29N5O2. The molecule has 1 saturated heterocycles. The second-order valence-electron chi connectivity index (χ2n) is 6.98. The SMILES string of the molecule is Cc1nccn1Cc1cccc(CNC(=O)NCC(C)N2CCOCC2)c1. The predicted octanol–water partition coefficient (Wildman–Crippen LogP) is 1.76. The molecule has 2 aromatic rings. The van der Waals surface area contributed by atoms with Crippen LogP contribution in [0, 0.1) is 6.92 Å². The molecule has 3 rings (SSSR count). The third-order valence-corrected chi connectivity index (χ3v) is 4.95. The molecule has 1 atom stereocenters. The molecule has 1 aliphatic heterocycles. The number of amides is 2. The maximum Gasteiger partial charge on any atom is 0.315 e. The van der Waals surface area contributed by atoms with E-state index in [1.807, 2.05) is 31.5 Å². The zero-order valence-electron chi connectivity index (χ0n) is 16.1. The summed E-state index contributed by atoms with van der Waals surface area (Å²) in [6, 6.07) is 8.44. The first-order chi connectivity index (χ1) is 13.1. The van der Waals surface area contributed by atoms with Gasteiger partial charge in [0.05, 0.1) is 13.2 Å². The van der Waals surface area contributed by atoms with Gasteiger partial charge in [0, 0.05) is 51.2 Å². The van der Waals surface area contributed by atoms with Crippen LogP contribution in [-0.4, -0.2) is 59.4 Å². The highest BCUT2D eigenvalue weighted by Gasteiger charge is 2.17. The Hall–Kier alpha value is -2.38. The van der Waals surface area contributed by atoms with Crippen LogP contribution in [-0.2, 0) is 17.8 Å². The molecule has 1 fully saturated rings. The lowest BCUT2D eigenvalue weighted by atomic mass is 10.1. The first kappa shape index (κ1) is 19.4. The molecule has 0 bridgehead atoms. The van der Waals surface area contributed by atoms with E-state index in [0.29, 0.717) is 19.1 Å². The maximum atomic E-state index is 12.1. The van der Waals surface area contributed by atoms with Crippen molar-refractivity contribution in [3.63, 3.8) is 0 Å². The average Bonchev–Trinajstić information content (AvgIpc) is 3.10. The number of rotatable bonds is 7. The Morgan fingerprint density at radius 2 is 2.04 bits per heavy atom. The summed E-state index contributed by atoms with van der Waals surface area (Å²) in [6.07, 6.45) is 3.78. The van der Waals surface area contributed by atoms with Gasteiger partial charge < -0.3 is 19.9 Å². The van der Waals surface area contributed by atoms with Crippen molar-refractivity contribution in [3.05, 3.63) is 53.6 Å². The minimum absolute atomic E-state index is 0.133. The molecule has 0 radical (unpaired) electrons. The fourth-order valence-corrected chi connectivity index (χ4v) is 3.24. The quantitative estimate of drug-likeness (QED) is 0.778. The summed E-state index contributed by atoms with van der Waals surface area (Å²) in [5, 5.41) is 5.91. The van der Waals surface area contributed by atoms with Crippen molar-refractivity contribution in [1.82, 2.24) is 25.1 Å². The fourth-order valence-electron chi connectivity index (χ4n) is 3.24. The average molecular weight is 371 g/mol. The van der Waals surface area contributed by atoms with E-state index in [0.717, 1.165) is 44.2 Å². The van der Waals surface area contributed by atoms with Gasteiger partial charge in [-0.25, -0.2) is 9.78 Å². The van der Waals surface area contributed by atoms with Crippen molar-refractivity contribution < 1.29 is 9.53 Å². The summed E-state index contributed by atoms with van der Waals surface area (Å²) in [7, 11) is 0. The highest BCUT2D eigenvalue weighted by atomic mass is 16.5. The summed E-state index contributed by atoms with van der Waals surface area (Å²) in [4.78, 5) is 18.7. The number of hydrogen-bond donors (Lipinski definition) is 2. The minimum atomic E-state index is -0.133. The molecule has 0 spiro atoms. The summed E-state index contributed by atoms with van der Waals surface area (Å²) < 4.78 is 7.47. The van der Waals surface area contributed by atoms with Crippen LogP contribution in [0.1, 0.15) is 23.9 Å². The number of nitrogens with one attached hydrogen (secondary N) is 2. The molecule has 1 aliphatic rings. The van der Waals surface area contributed by atoms with Crippen LogP contribution in [0.2, 0.25) is 0 Å². The molecule has 1 unspecified atom stereocenters. The second-order valence-corrected chi connectivity index (χ2v) is 6.98. The predicted molar refractivity (Wildman–Crippen MR) is 105 cm³/mol. The molecule has 27 heavy (non-hydrogen) atoms. The van der Waals surface area contributed by atoms with Gasteiger partial charge in [-0.15, -0.1) is 0 Å². The molecule has 7 nitrogen and oxygen atoms in total. The summed E-state index contributed by atoms with van der Waals surface area (Å²) in [5.74, 6) is 0.993. The van der Waals surface area contributed by atoms with Gasteiger partial charge in [-0.05, 0) is 25.0 Å². The largest absolute Gasteiger partial charge is 0.379 e. The van der Waals surface area contributed by atoms with E-state index in [1.54, 1.807) is 0 Å². The van der Waals surface area contributed by atoms with Gasteiger partial charge in [-0.2, -0.15) is 0 Å². The second kappa shape index (κ2) is 9.53. The third kappa shape index (κ3) is 5.80. The van der Waals surface area contributed by atoms with Gasteiger partial charge in [0.15, 0.2) is 0 Å². The number of imidazole rings is 1. The van der Waals surface area contributed by atoms with Crippen molar-refractivity contribution >= 4 is 6.03 Å². The minimum Gasteiger partial charge on any atom is -0.379 e. The number of aryl methyl sites for hydroxylation is 1. The number of carbonyl (C=O) groups excluding carboxylic acids is 1. The van der Waals surface area contributed by atoms with Crippen LogP contribution in [0.15, 0.2) is 36.7 Å². The van der Waals surface area contributed by atoms with E-state index < -0.39 is 0 Å². The first-order valence-electron chi connectivity index (χ1n) is 9.51.